The van der Waals surface area contributed by atoms with Gasteiger partial charge in [-0.15, -0.1) is 0 Å². The van der Waals surface area contributed by atoms with Crippen molar-refractivity contribution in [2.75, 3.05) is 5.43 Å². The maximum Gasteiger partial charge on any atom is 0.275 e. The molecule has 0 radical (unpaired) electrons. The Hall–Kier alpha value is -2.12. The van der Waals surface area contributed by atoms with Gasteiger partial charge in [-0.2, -0.15) is 0 Å². The molecular formula is C13H14N4O2S. The molecule has 0 unspecified atom stereocenters. The second-order valence-corrected chi connectivity index (χ2v) is 5.38. The van der Waals surface area contributed by atoms with Gasteiger partial charge in [0.15, 0.2) is 0 Å². The summed E-state index contributed by atoms with van der Waals surface area (Å²) in [6.45, 7) is 4.01. The zero-order chi connectivity index (χ0) is 14.7. The van der Waals surface area contributed by atoms with E-state index in [1.165, 1.54) is 29.5 Å². The Balaban J connectivity index is 2.37. The van der Waals surface area contributed by atoms with Gasteiger partial charge < -0.3 is 5.43 Å². The Bertz CT molecular complexity index is 661. The van der Waals surface area contributed by atoms with Gasteiger partial charge in [0, 0.05) is 11.0 Å². The zero-order valence-corrected chi connectivity index (χ0v) is 11.9. The fraction of sp³-hybridized carbons (Fsp3) is 0.154. The predicted molar refractivity (Wildman–Crippen MR) is 78.7 cm³/mol. The van der Waals surface area contributed by atoms with Crippen molar-refractivity contribution >= 4 is 23.3 Å². The third-order valence-electron chi connectivity index (χ3n) is 2.69. The third kappa shape index (κ3) is 3.25. The largest absolute Gasteiger partial charge is 0.308 e. The summed E-state index contributed by atoms with van der Waals surface area (Å²) in [5.74, 6) is 5.56. The zero-order valence-electron chi connectivity index (χ0n) is 11.1. The lowest BCUT2D eigenvalue weighted by Crippen LogP contribution is -2.09. The van der Waals surface area contributed by atoms with Gasteiger partial charge in [0.1, 0.15) is 10.8 Å². The summed E-state index contributed by atoms with van der Waals surface area (Å²) >= 11 is 1.37. The van der Waals surface area contributed by atoms with Gasteiger partial charge in [0.05, 0.1) is 11.0 Å². The summed E-state index contributed by atoms with van der Waals surface area (Å²) in [7, 11) is 0. The number of anilines is 1. The first-order valence-corrected chi connectivity index (χ1v) is 6.69. The minimum Gasteiger partial charge on any atom is -0.308 e. The summed E-state index contributed by atoms with van der Waals surface area (Å²) in [4.78, 5) is 15.6. The van der Waals surface area contributed by atoms with Crippen LogP contribution in [-0.2, 0) is 0 Å². The first-order chi connectivity index (χ1) is 9.49. The number of pyridine rings is 1. The molecule has 0 amide bonds. The Morgan fingerprint density at radius 1 is 1.30 bits per heavy atom. The number of hydrogen-bond donors (Lipinski definition) is 2. The molecule has 1 aromatic carbocycles. The van der Waals surface area contributed by atoms with E-state index in [9.17, 15) is 10.1 Å². The van der Waals surface area contributed by atoms with Gasteiger partial charge >= 0.3 is 0 Å². The molecule has 7 heteroatoms. The fourth-order valence-corrected chi connectivity index (χ4v) is 2.65. The highest BCUT2D eigenvalue weighted by Crippen LogP contribution is 2.32. The minimum absolute atomic E-state index is 0.0415. The van der Waals surface area contributed by atoms with Crippen LogP contribution < -0.4 is 11.3 Å². The first kappa shape index (κ1) is 14.3. The van der Waals surface area contributed by atoms with E-state index >= 15 is 0 Å². The van der Waals surface area contributed by atoms with Gasteiger partial charge in [-0.3, -0.25) is 10.1 Å². The molecule has 0 fully saturated rings. The van der Waals surface area contributed by atoms with E-state index in [1.807, 2.05) is 26.0 Å². The highest BCUT2D eigenvalue weighted by molar-refractivity contribution is 7.99. The molecule has 2 rings (SSSR count). The van der Waals surface area contributed by atoms with Crippen molar-refractivity contribution in [2.45, 2.75) is 23.8 Å². The van der Waals surface area contributed by atoms with Crippen molar-refractivity contribution < 1.29 is 4.92 Å². The molecule has 20 heavy (non-hydrogen) atoms. The second-order valence-electron chi connectivity index (χ2n) is 4.32. The Morgan fingerprint density at radius 2 is 2.05 bits per heavy atom. The van der Waals surface area contributed by atoms with Crippen LogP contribution in [0.25, 0.3) is 0 Å². The third-order valence-corrected chi connectivity index (χ3v) is 3.79. The highest BCUT2D eigenvalue weighted by Gasteiger charge is 2.12. The molecule has 1 heterocycles. The maximum absolute atomic E-state index is 10.9. The van der Waals surface area contributed by atoms with Crippen molar-refractivity contribution in [3.63, 3.8) is 0 Å². The molecule has 2 aromatic rings. The molecule has 0 atom stereocenters. The standard InChI is InChI=1S/C13H14N4O2S/c1-8-3-4-11(9(2)5-8)20-13-7-10(17(18)19)6-12(15-13)16-14/h3-7H,14H2,1-2H3,(H,15,16). The monoisotopic (exact) mass is 290 g/mol. The topological polar surface area (TPSA) is 94.1 Å². The van der Waals surface area contributed by atoms with Crippen LogP contribution in [0.3, 0.4) is 0 Å². The number of benzene rings is 1. The molecular weight excluding hydrogens is 276 g/mol. The van der Waals surface area contributed by atoms with Gasteiger partial charge in [-0.05, 0) is 25.5 Å². The van der Waals surface area contributed by atoms with Crippen molar-refractivity contribution in [1.29, 1.82) is 0 Å². The second kappa shape index (κ2) is 5.89. The molecule has 1 aromatic heterocycles. The van der Waals surface area contributed by atoms with Crippen LogP contribution in [0.4, 0.5) is 11.5 Å². The van der Waals surface area contributed by atoms with Crippen LogP contribution in [0.2, 0.25) is 0 Å². The van der Waals surface area contributed by atoms with Gasteiger partial charge in [0.25, 0.3) is 5.69 Å². The van der Waals surface area contributed by atoms with Crippen LogP contribution in [0.5, 0.6) is 0 Å². The van der Waals surface area contributed by atoms with Gasteiger partial charge in [0.2, 0.25) is 0 Å². The molecule has 104 valence electrons. The van der Waals surface area contributed by atoms with Gasteiger partial charge in [-0.25, -0.2) is 10.8 Å². The van der Waals surface area contributed by atoms with Crippen molar-refractivity contribution in [3.05, 3.63) is 51.6 Å². The van der Waals surface area contributed by atoms with E-state index in [2.05, 4.69) is 16.5 Å². The number of rotatable bonds is 4. The van der Waals surface area contributed by atoms with Crippen molar-refractivity contribution in [1.82, 2.24) is 4.98 Å². The Kier molecular flexibility index (Phi) is 4.21. The van der Waals surface area contributed by atoms with E-state index in [1.54, 1.807) is 0 Å². The Morgan fingerprint density at radius 3 is 2.65 bits per heavy atom. The van der Waals surface area contributed by atoms with Crippen LogP contribution in [0, 0.1) is 24.0 Å². The van der Waals surface area contributed by atoms with Crippen molar-refractivity contribution in [2.24, 2.45) is 5.84 Å². The molecule has 0 aliphatic rings. The number of nitrogens with two attached hydrogens (primary N) is 1. The molecule has 0 aliphatic carbocycles. The average molecular weight is 290 g/mol. The normalized spacial score (nSPS) is 10.3. The summed E-state index contributed by atoms with van der Waals surface area (Å²) in [6, 6.07) is 8.76. The first-order valence-electron chi connectivity index (χ1n) is 5.88. The maximum atomic E-state index is 10.9. The number of nitrogens with zero attached hydrogens (tertiary/aromatic N) is 2. The average Bonchev–Trinajstić information content (AvgIpc) is 2.41. The van der Waals surface area contributed by atoms with Crippen molar-refractivity contribution in [3.8, 4) is 0 Å². The molecule has 0 aliphatic heterocycles. The number of nitro groups is 1. The number of nitrogen functional groups attached to an aromatic ring is 1. The summed E-state index contributed by atoms with van der Waals surface area (Å²) < 4.78 is 0. The highest BCUT2D eigenvalue weighted by atomic mass is 32.2. The number of hydrazine groups is 1. The van der Waals surface area contributed by atoms with E-state index in [4.69, 9.17) is 5.84 Å². The molecule has 6 nitrogen and oxygen atoms in total. The van der Waals surface area contributed by atoms with E-state index in [0.29, 0.717) is 5.03 Å². The predicted octanol–water partition coefficient (Wildman–Crippen LogP) is 3.04. The molecule has 0 saturated heterocycles. The smallest absolute Gasteiger partial charge is 0.275 e. The summed E-state index contributed by atoms with van der Waals surface area (Å²) in [6.07, 6.45) is 0. The minimum atomic E-state index is -0.464. The van der Waals surface area contributed by atoms with E-state index in [0.717, 1.165) is 10.5 Å². The number of aryl methyl sites for hydroxylation is 2. The molecule has 0 spiro atoms. The molecule has 0 saturated carbocycles. The van der Waals surface area contributed by atoms with E-state index in [-0.39, 0.29) is 11.5 Å². The molecule has 3 N–H and O–H groups in total. The lowest BCUT2D eigenvalue weighted by atomic mass is 10.2. The van der Waals surface area contributed by atoms with Crippen LogP contribution in [0.15, 0.2) is 40.3 Å². The summed E-state index contributed by atoms with van der Waals surface area (Å²) in [5.41, 5.74) is 4.57. The molecule has 0 bridgehead atoms. The number of nitrogens with one attached hydrogen (secondary N) is 1. The van der Waals surface area contributed by atoms with Crippen LogP contribution in [-0.4, -0.2) is 9.91 Å². The number of aromatic nitrogens is 1. The lowest BCUT2D eigenvalue weighted by molar-refractivity contribution is -0.385. The van der Waals surface area contributed by atoms with Gasteiger partial charge in [-0.1, -0.05) is 29.5 Å². The van der Waals surface area contributed by atoms with Crippen LogP contribution >= 0.6 is 11.8 Å². The quantitative estimate of drug-likeness (QED) is 0.510. The number of hydrogen-bond acceptors (Lipinski definition) is 6. The summed E-state index contributed by atoms with van der Waals surface area (Å²) in [5, 5.41) is 11.4. The van der Waals surface area contributed by atoms with E-state index < -0.39 is 4.92 Å². The Labute approximate surface area is 120 Å². The SMILES string of the molecule is Cc1ccc(Sc2cc([N+](=O)[O-])cc(NN)n2)c(C)c1. The lowest BCUT2D eigenvalue weighted by Gasteiger charge is -2.07. The fourth-order valence-electron chi connectivity index (χ4n) is 1.75. The van der Waals surface area contributed by atoms with Crippen LogP contribution in [0.1, 0.15) is 11.1 Å².